The van der Waals surface area contributed by atoms with Gasteiger partial charge in [-0.1, -0.05) is 43.1 Å². The fraction of sp³-hybridized carbons (Fsp3) is 0.462. The van der Waals surface area contributed by atoms with E-state index in [1.807, 2.05) is 19.9 Å². The minimum atomic E-state index is -0.292. The molecule has 0 aliphatic carbocycles. The molecule has 0 saturated heterocycles. The SMILES string of the molecule is CCC(C)C(=O)[C@H](CN)c1ccc(Cl)c(Cl)c1. The highest BCUT2D eigenvalue weighted by molar-refractivity contribution is 6.42. The van der Waals surface area contributed by atoms with Crippen molar-refractivity contribution in [3.8, 4) is 0 Å². The van der Waals surface area contributed by atoms with Gasteiger partial charge in [-0.2, -0.15) is 0 Å². The average molecular weight is 274 g/mol. The molecule has 0 amide bonds. The van der Waals surface area contributed by atoms with Crippen LogP contribution in [0.4, 0.5) is 0 Å². The van der Waals surface area contributed by atoms with Crippen molar-refractivity contribution in [1.29, 1.82) is 0 Å². The average Bonchev–Trinajstić information content (AvgIpc) is 2.33. The van der Waals surface area contributed by atoms with Crippen molar-refractivity contribution in [1.82, 2.24) is 0 Å². The summed E-state index contributed by atoms with van der Waals surface area (Å²) >= 11 is 11.8. The molecular formula is C13H17Cl2NO. The van der Waals surface area contributed by atoms with E-state index in [1.165, 1.54) is 0 Å². The maximum absolute atomic E-state index is 12.1. The third kappa shape index (κ3) is 3.44. The van der Waals surface area contributed by atoms with Crippen LogP contribution in [0.3, 0.4) is 0 Å². The summed E-state index contributed by atoms with van der Waals surface area (Å²) in [5.41, 5.74) is 6.53. The summed E-state index contributed by atoms with van der Waals surface area (Å²) in [6.07, 6.45) is 0.816. The van der Waals surface area contributed by atoms with Gasteiger partial charge in [-0.25, -0.2) is 0 Å². The summed E-state index contributed by atoms with van der Waals surface area (Å²) in [4.78, 5) is 12.1. The van der Waals surface area contributed by atoms with E-state index in [-0.39, 0.29) is 17.6 Å². The monoisotopic (exact) mass is 273 g/mol. The van der Waals surface area contributed by atoms with Crippen LogP contribution in [0.25, 0.3) is 0 Å². The van der Waals surface area contributed by atoms with Crippen LogP contribution in [0.2, 0.25) is 10.0 Å². The number of hydrogen-bond acceptors (Lipinski definition) is 2. The van der Waals surface area contributed by atoms with Crippen molar-refractivity contribution in [2.24, 2.45) is 11.7 Å². The number of rotatable bonds is 5. The predicted octanol–water partition coefficient (Wildman–Crippen LogP) is 3.65. The molecule has 0 fully saturated rings. The Labute approximate surface area is 112 Å². The van der Waals surface area contributed by atoms with Crippen LogP contribution in [0.15, 0.2) is 18.2 Å². The van der Waals surface area contributed by atoms with Crippen LogP contribution >= 0.6 is 23.2 Å². The molecule has 2 atom stereocenters. The van der Waals surface area contributed by atoms with Gasteiger partial charge in [0.15, 0.2) is 0 Å². The minimum Gasteiger partial charge on any atom is -0.329 e. The number of nitrogens with two attached hydrogens (primary N) is 1. The Morgan fingerprint density at radius 2 is 2.00 bits per heavy atom. The molecule has 0 aromatic heterocycles. The lowest BCUT2D eigenvalue weighted by Crippen LogP contribution is -2.26. The summed E-state index contributed by atoms with van der Waals surface area (Å²) in [5.74, 6) is -0.119. The first-order valence-electron chi connectivity index (χ1n) is 5.70. The van der Waals surface area contributed by atoms with E-state index in [4.69, 9.17) is 28.9 Å². The maximum atomic E-state index is 12.1. The molecule has 0 aliphatic heterocycles. The summed E-state index contributed by atoms with van der Waals surface area (Å²) in [7, 11) is 0. The number of carbonyl (C=O) groups is 1. The fourth-order valence-corrected chi connectivity index (χ4v) is 2.00. The molecule has 0 heterocycles. The Morgan fingerprint density at radius 3 is 2.47 bits per heavy atom. The highest BCUT2D eigenvalue weighted by atomic mass is 35.5. The second-order valence-corrected chi connectivity index (χ2v) is 4.99. The number of benzene rings is 1. The zero-order chi connectivity index (χ0) is 13.0. The molecule has 0 bridgehead atoms. The van der Waals surface area contributed by atoms with Gasteiger partial charge in [0.2, 0.25) is 0 Å². The first-order valence-corrected chi connectivity index (χ1v) is 6.45. The first-order chi connectivity index (χ1) is 8.01. The largest absolute Gasteiger partial charge is 0.329 e. The van der Waals surface area contributed by atoms with E-state index in [0.717, 1.165) is 12.0 Å². The summed E-state index contributed by atoms with van der Waals surface area (Å²) < 4.78 is 0. The molecule has 0 aliphatic rings. The quantitative estimate of drug-likeness (QED) is 0.890. The molecule has 1 unspecified atom stereocenters. The van der Waals surface area contributed by atoms with E-state index in [1.54, 1.807) is 12.1 Å². The van der Waals surface area contributed by atoms with Crippen molar-refractivity contribution in [3.63, 3.8) is 0 Å². The standard InChI is InChI=1S/C13H17Cl2NO/c1-3-8(2)13(17)10(7-16)9-4-5-11(14)12(15)6-9/h4-6,8,10H,3,7,16H2,1-2H3/t8?,10-/m1/s1. The molecular weight excluding hydrogens is 257 g/mol. The van der Waals surface area contributed by atoms with Gasteiger partial charge in [0.1, 0.15) is 5.78 Å². The molecule has 2 N–H and O–H groups in total. The Morgan fingerprint density at radius 1 is 1.35 bits per heavy atom. The molecule has 0 spiro atoms. The van der Waals surface area contributed by atoms with Crippen molar-refractivity contribution in [3.05, 3.63) is 33.8 Å². The van der Waals surface area contributed by atoms with Gasteiger partial charge in [-0.05, 0) is 24.1 Å². The molecule has 17 heavy (non-hydrogen) atoms. The van der Waals surface area contributed by atoms with Crippen LogP contribution in [0.5, 0.6) is 0 Å². The van der Waals surface area contributed by atoms with Gasteiger partial charge in [-0.3, -0.25) is 4.79 Å². The summed E-state index contributed by atoms with van der Waals surface area (Å²) in [6, 6.07) is 5.24. The smallest absolute Gasteiger partial charge is 0.144 e. The molecule has 4 heteroatoms. The van der Waals surface area contributed by atoms with Gasteiger partial charge in [0, 0.05) is 12.5 Å². The van der Waals surface area contributed by atoms with Gasteiger partial charge < -0.3 is 5.73 Å². The Hall–Kier alpha value is -0.570. The number of Topliss-reactive ketones (excluding diaryl/α,β-unsaturated/α-hetero) is 1. The van der Waals surface area contributed by atoms with Crippen LogP contribution in [0, 0.1) is 5.92 Å². The summed E-state index contributed by atoms with van der Waals surface area (Å²) in [6.45, 7) is 4.20. The third-order valence-electron chi connectivity index (χ3n) is 3.02. The highest BCUT2D eigenvalue weighted by Gasteiger charge is 2.23. The molecule has 1 rings (SSSR count). The highest BCUT2D eigenvalue weighted by Crippen LogP contribution is 2.28. The van der Waals surface area contributed by atoms with E-state index >= 15 is 0 Å². The van der Waals surface area contributed by atoms with Gasteiger partial charge in [0.25, 0.3) is 0 Å². The lowest BCUT2D eigenvalue weighted by molar-refractivity contribution is -0.123. The number of carbonyl (C=O) groups excluding carboxylic acids is 1. The lowest BCUT2D eigenvalue weighted by atomic mass is 9.87. The van der Waals surface area contributed by atoms with E-state index < -0.39 is 0 Å². The van der Waals surface area contributed by atoms with Crippen LogP contribution in [0.1, 0.15) is 31.7 Å². The fourth-order valence-electron chi connectivity index (χ4n) is 1.69. The maximum Gasteiger partial charge on any atom is 0.144 e. The summed E-state index contributed by atoms with van der Waals surface area (Å²) in [5, 5.41) is 0.946. The Bertz CT molecular complexity index is 406. The lowest BCUT2D eigenvalue weighted by Gasteiger charge is -2.18. The van der Waals surface area contributed by atoms with Gasteiger partial charge >= 0.3 is 0 Å². The molecule has 2 nitrogen and oxygen atoms in total. The Balaban J connectivity index is 3.01. The molecule has 94 valence electrons. The van der Waals surface area contributed by atoms with E-state index in [2.05, 4.69) is 0 Å². The zero-order valence-electron chi connectivity index (χ0n) is 10.0. The zero-order valence-corrected chi connectivity index (χ0v) is 11.6. The van der Waals surface area contributed by atoms with Crippen molar-refractivity contribution in [2.45, 2.75) is 26.2 Å². The Kier molecular flexibility index (Phi) is 5.44. The number of halogens is 2. The van der Waals surface area contributed by atoms with Crippen molar-refractivity contribution >= 4 is 29.0 Å². The molecule has 1 aromatic rings. The van der Waals surface area contributed by atoms with Gasteiger partial charge in [-0.15, -0.1) is 0 Å². The molecule has 0 saturated carbocycles. The number of hydrogen-bond donors (Lipinski definition) is 1. The van der Waals surface area contributed by atoms with Crippen LogP contribution < -0.4 is 5.73 Å². The normalized spacial score (nSPS) is 14.4. The molecule has 0 radical (unpaired) electrons. The van der Waals surface area contributed by atoms with Crippen molar-refractivity contribution in [2.75, 3.05) is 6.54 Å². The van der Waals surface area contributed by atoms with E-state index in [9.17, 15) is 4.79 Å². The molecule has 1 aromatic carbocycles. The first kappa shape index (κ1) is 14.5. The topological polar surface area (TPSA) is 43.1 Å². The second-order valence-electron chi connectivity index (χ2n) is 4.17. The second kappa shape index (κ2) is 6.39. The van der Waals surface area contributed by atoms with Gasteiger partial charge in [0.05, 0.1) is 16.0 Å². The third-order valence-corrected chi connectivity index (χ3v) is 3.76. The number of ketones is 1. The van der Waals surface area contributed by atoms with E-state index in [0.29, 0.717) is 16.6 Å². The predicted molar refractivity (Wildman–Crippen MR) is 72.7 cm³/mol. The minimum absolute atomic E-state index is 0.0120. The van der Waals surface area contributed by atoms with Crippen molar-refractivity contribution < 1.29 is 4.79 Å². The van der Waals surface area contributed by atoms with Crippen LogP contribution in [-0.2, 0) is 4.79 Å². The van der Waals surface area contributed by atoms with Crippen LogP contribution in [-0.4, -0.2) is 12.3 Å².